The monoisotopic (exact) mass is 366 g/mol. The summed E-state index contributed by atoms with van der Waals surface area (Å²) in [6, 6.07) is 7.74. The predicted molar refractivity (Wildman–Crippen MR) is 94.5 cm³/mol. The average Bonchev–Trinajstić information content (AvgIpc) is 3.06. The molecule has 8 heteroatoms. The summed E-state index contributed by atoms with van der Waals surface area (Å²) in [6.07, 6.45) is 1.53. The highest BCUT2D eigenvalue weighted by Gasteiger charge is 2.28. The SMILES string of the molecule is COCCc1noc(CN(C)C(=O)C2NCCc3ccccc32)n1.Cl. The van der Waals surface area contributed by atoms with Gasteiger partial charge in [-0.1, -0.05) is 29.4 Å². The van der Waals surface area contributed by atoms with Crippen LogP contribution >= 0.6 is 12.4 Å². The van der Waals surface area contributed by atoms with Crippen LogP contribution in [0.15, 0.2) is 28.8 Å². The Morgan fingerprint density at radius 3 is 3.04 bits per heavy atom. The highest BCUT2D eigenvalue weighted by molar-refractivity contribution is 5.85. The fraction of sp³-hybridized carbons (Fsp3) is 0.471. The maximum atomic E-state index is 12.8. The van der Waals surface area contributed by atoms with Gasteiger partial charge in [-0.3, -0.25) is 4.79 Å². The van der Waals surface area contributed by atoms with Crippen LogP contribution in [0.25, 0.3) is 0 Å². The number of nitrogens with zero attached hydrogens (tertiary/aromatic N) is 3. The minimum absolute atomic E-state index is 0. The molecule has 2 heterocycles. The maximum absolute atomic E-state index is 12.8. The molecular formula is C17H23ClN4O3. The molecule has 0 radical (unpaired) electrons. The molecule has 25 heavy (non-hydrogen) atoms. The Hall–Kier alpha value is -1.96. The number of likely N-dealkylation sites (N-methyl/N-ethyl adjacent to an activating group) is 1. The summed E-state index contributed by atoms with van der Waals surface area (Å²) >= 11 is 0. The number of halogens is 1. The number of carbonyl (C=O) groups excluding carboxylic acids is 1. The minimum atomic E-state index is -0.323. The minimum Gasteiger partial charge on any atom is -0.384 e. The fourth-order valence-electron chi connectivity index (χ4n) is 2.88. The first-order valence-corrected chi connectivity index (χ1v) is 8.05. The fourth-order valence-corrected chi connectivity index (χ4v) is 2.88. The molecule has 1 aromatic heterocycles. The van der Waals surface area contributed by atoms with E-state index in [2.05, 4.69) is 21.5 Å². The van der Waals surface area contributed by atoms with E-state index in [0.717, 1.165) is 18.5 Å². The van der Waals surface area contributed by atoms with Crippen LogP contribution in [0.2, 0.25) is 0 Å². The number of methoxy groups -OCH3 is 1. The lowest BCUT2D eigenvalue weighted by atomic mass is 9.93. The van der Waals surface area contributed by atoms with Gasteiger partial charge in [0.1, 0.15) is 6.04 Å². The first kappa shape index (κ1) is 19.4. The van der Waals surface area contributed by atoms with Gasteiger partial charge in [0.15, 0.2) is 5.82 Å². The number of hydrogen-bond acceptors (Lipinski definition) is 6. The third-order valence-electron chi connectivity index (χ3n) is 4.14. The molecule has 2 aromatic rings. The molecule has 0 spiro atoms. The molecule has 7 nitrogen and oxygen atoms in total. The Bertz CT molecular complexity index is 707. The topological polar surface area (TPSA) is 80.5 Å². The van der Waals surface area contributed by atoms with Crippen LogP contribution in [-0.4, -0.2) is 48.3 Å². The van der Waals surface area contributed by atoms with E-state index in [1.165, 1.54) is 5.56 Å². The molecule has 1 amide bonds. The number of amides is 1. The zero-order valence-electron chi connectivity index (χ0n) is 14.4. The maximum Gasteiger partial charge on any atom is 0.246 e. The molecule has 1 N–H and O–H groups in total. The number of nitrogens with one attached hydrogen (secondary N) is 1. The molecule has 0 saturated carbocycles. The third kappa shape index (κ3) is 4.56. The Morgan fingerprint density at radius 1 is 1.44 bits per heavy atom. The van der Waals surface area contributed by atoms with Crippen molar-refractivity contribution in [1.82, 2.24) is 20.4 Å². The van der Waals surface area contributed by atoms with Crippen LogP contribution in [0.5, 0.6) is 0 Å². The lowest BCUT2D eigenvalue weighted by Gasteiger charge is -2.29. The van der Waals surface area contributed by atoms with Crippen molar-refractivity contribution in [2.75, 3.05) is 27.3 Å². The van der Waals surface area contributed by atoms with Crippen LogP contribution in [0.1, 0.15) is 28.9 Å². The van der Waals surface area contributed by atoms with Gasteiger partial charge in [-0.05, 0) is 17.5 Å². The second-order valence-electron chi connectivity index (χ2n) is 5.88. The molecule has 0 saturated heterocycles. The average molecular weight is 367 g/mol. The van der Waals surface area contributed by atoms with Crippen molar-refractivity contribution >= 4 is 18.3 Å². The van der Waals surface area contributed by atoms with Gasteiger partial charge < -0.3 is 19.5 Å². The van der Waals surface area contributed by atoms with Crippen molar-refractivity contribution in [2.45, 2.75) is 25.4 Å². The Morgan fingerprint density at radius 2 is 2.24 bits per heavy atom. The largest absolute Gasteiger partial charge is 0.384 e. The molecular weight excluding hydrogens is 344 g/mol. The third-order valence-corrected chi connectivity index (χ3v) is 4.14. The van der Waals surface area contributed by atoms with Crippen LogP contribution in [0, 0.1) is 0 Å². The van der Waals surface area contributed by atoms with Gasteiger partial charge in [0.05, 0.1) is 13.2 Å². The van der Waals surface area contributed by atoms with E-state index in [4.69, 9.17) is 9.26 Å². The molecule has 1 aromatic carbocycles. The first-order chi connectivity index (χ1) is 11.7. The molecule has 1 aliphatic heterocycles. The molecule has 0 aliphatic carbocycles. The van der Waals surface area contributed by atoms with Crippen molar-refractivity contribution in [1.29, 1.82) is 0 Å². The second-order valence-corrected chi connectivity index (χ2v) is 5.88. The quantitative estimate of drug-likeness (QED) is 0.835. The van der Waals surface area contributed by atoms with Crippen molar-refractivity contribution < 1.29 is 14.1 Å². The van der Waals surface area contributed by atoms with E-state index in [-0.39, 0.29) is 24.4 Å². The smallest absolute Gasteiger partial charge is 0.246 e. The van der Waals surface area contributed by atoms with Gasteiger partial charge in [-0.15, -0.1) is 12.4 Å². The standard InChI is InChI=1S/C17H22N4O3.ClH/c1-21(11-15-19-14(20-24-15)8-10-23-2)17(22)16-13-6-4-3-5-12(13)7-9-18-16;/h3-6,16,18H,7-11H2,1-2H3;1H. The van der Waals surface area contributed by atoms with Crippen LogP contribution in [0.3, 0.4) is 0 Å². The normalized spacial score (nSPS) is 16.0. The van der Waals surface area contributed by atoms with Gasteiger partial charge in [-0.25, -0.2) is 0 Å². The lowest BCUT2D eigenvalue weighted by molar-refractivity contribution is -0.133. The number of aromatic nitrogens is 2. The molecule has 3 rings (SSSR count). The highest BCUT2D eigenvalue weighted by Crippen LogP contribution is 2.24. The number of rotatable bonds is 6. The molecule has 1 unspecified atom stereocenters. The van der Waals surface area contributed by atoms with Crippen molar-refractivity contribution in [3.63, 3.8) is 0 Å². The number of benzene rings is 1. The van der Waals surface area contributed by atoms with E-state index < -0.39 is 0 Å². The van der Waals surface area contributed by atoms with E-state index in [1.807, 2.05) is 18.2 Å². The van der Waals surface area contributed by atoms with Gasteiger partial charge >= 0.3 is 0 Å². The molecule has 0 bridgehead atoms. The van der Waals surface area contributed by atoms with E-state index >= 15 is 0 Å². The Kier molecular flexibility index (Phi) is 6.92. The molecule has 0 fully saturated rings. The summed E-state index contributed by atoms with van der Waals surface area (Å²) in [5.74, 6) is 1.02. The number of hydrogen-bond donors (Lipinski definition) is 1. The first-order valence-electron chi connectivity index (χ1n) is 8.05. The summed E-state index contributed by atoms with van der Waals surface area (Å²) in [5.41, 5.74) is 2.27. The zero-order valence-corrected chi connectivity index (χ0v) is 15.2. The summed E-state index contributed by atoms with van der Waals surface area (Å²) in [4.78, 5) is 18.7. The van der Waals surface area contributed by atoms with Gasteiger partial charge in [-0.2, -0.15) is 4.98 Å². The Balaban J connectivity index is 0.00000225. The summed E-state index contributed by atoms with van der Waals surface area (Å²) in [7, 11) is 3.38. The van der Waals surface area contributed by atoms with E-state index in [0.29, 0.717) is 31.3 Å². The lowest BCUT2D eigenvalue weighted by Crippen LogP contribution is -2.42. The second kappa shape index (κ2) is 8.94. The van der Waals surface area contributed by atoms with E-state index in [1.54, 1.807) is 19.1 Å². The number of carbonyl (C=O) groups is 1. The van der Waals surface area contributed by atoms with E-state index in [9.17, 15) is 4.79 Å². The van der Waals surface area contributed by atoms with Gasteiger partial charge in [0.2, 0.25) is 11.8 Å². The zero-order chi connectivity index (χ0) is 16.9. The predicted octanol–water partition coefficient (Wildman–Crippen LogP) is 1.53. The molecule has 136 valence electrons. The molecule has 1 aliphatic rings. The van der Waals surface area contributed by atoms with Crippen LogP contribution in [-0.2, 0) is 28.9 Å². The number of ether oxygens (including phenoxy) is 1. The van der Waals surface area contributed by atoms with Gasteiger partial charge in [0.25, 0.3) is 0 Å². The van der Waals surface area contributed by atoms with Crippen LogP contribution in [0.4, 0.5) is 0 Å². The summed E-state index contributed by atoms with van der Waals surface area (Å²) < 4.78 is 10.2. The summed E-state index contributed by atoms with van der Waals surface area (Å²) in [6.45, 7) is 1.62. The van der Waals surface area contributed by atoms with Gasteiger partial charge in [0, 0.05) is 27.1 Å². The summed E-state index contributed by atoms with van der Waals surface area (Å²) in [5, 5.41) is 7.20. The molecule has 1 atom stereocenters. The number of fused-ring (bicyclic) bond motifs is 1. The highest BCUT2D eigenvalue weighted by atomic mass is 35.5. The van der Waals surface area contributed by atoms with Crippen LogP contribution < -0.4 is 5.32 Å². The Labute approximate surface area is 153 Å². The van der Waals surface area contributed by atoms with Crippen molar-refractivity contribution in [3.8, 4) is 0 Å². The van der Waals surface area contributed by atoms with Crippen molar-refractivity contribution in [2.24, 2.45) is 0 Å². The van der Waals surface area contributed by atoms with Crippen molar-refractivity contribution in [3.05, 3.63) is 47.1 Å².